The summed E-state index contributed by atoms with van der Waals surface area (Å²) in [6, 6.07) is 21.8. The molecular weight excluding hydrogens is 474 g/mol. The van der Waals surface area contributed by atoms with E-state index in [1.54, 1.807) is 29.6 Å². The molecule has 0 radical (unpaired) electrons. The number of hydrogen-bond acceptors (Lipinski definition) is 7. The van der Waals surface area contributed by atoms with Crippen LogP contribution in [0.2, 0.25) is 0 Å². The number of esters is 1. The Balaban J connectivity index is 1.46. The van der Waals surface area contributed by atoms with Gasteiger partial charge in [-0.25, -0.2) is 18.0 Å². The van der Waals surface area contributed by atoms with Crippen LogP contribution in [0.4, 0.5) is 5.69 Å². The van der Waals surface area contributed by atoms with E-state index in [9.17, 15) is 18.0 Å². The van der Waals surface area contributed by atoms with Gasteiger partial charge < -0.3 is 9.15 Å². The maximum Gasteiger partial charge on any atom is 0.340 e. The fourth-order valence-corrected chi connectivity index (χ4v) is 5.79. The van der Waals surface area contributed by atoms with Gasteiger partial charge in [-0.2, -0.15) is 0 Å². The van der Waals surface area contributed by atoms with Crippen molar-refractivity contribution in [1.29, 1.82) is 0 Å². The maximum atomic E-state index is 12.9. The fourth-order valence-electron chi connectivity index (χ4n) is 3.72. The summed E-state index contributed by atoms with van der Waals surface area (Å²) >= 11 is 1.07. The highest BCUT2D eigenvalue weighted by Gasteiger charge is 2.20. The standard InChI is InChI=1S/C25H17NO6S2/c27-22-14-17(24-18-7-2-1-6-16(18)11-12-21(24)32-22)15-31-25(28)19-8-3-4-9-20(19)26-34(29,30)23-10-5-13-33-23/h1-14,26H,15H2. The van der Waals surface area contributed by atoms with Gasteiger partial charge in [0.1, 0.15) is 16.4 Å². The van der Waals surface area contributed by atoms with Gasteiger partial charge in [0.25, 0.3) is 10.0 Å². The summed E-state index contributed by atoms with van der Waals surface area (Å²) in [6.07, 6.45) is 0. The Labute approximate surface area is 198 Å². The van der Waals surface area contributed by atoms with Crippen molar-refractivity contribution in [2.24, 2.45) is 0 Å². The van der Waals surface area contributed by atoms with Crippen molar-refractivity contribution in [1.82, 2.24) is 0 Å². The van der Waals surface area contributed by atoms with Crippen LogP contribution < -0.4 is 10.3 Å². The third-order valence-electron chi connectivity index (χ3n) is 5.22. The molecule has 0 aliphatic rings. The molecule has 5 aromatic rings. The number of carbonyl (C=O) groups excluding carboxylic acids is 1. The van der Waals surface area contributed by atoms with E-state index in [2.05, 4.69) is 4.72 Å². The first-order valence-electron chi connectivity index (χ1n) is 10.2. The highest BCUT2D eigenvalue weighted by Crippen LogP contribution is 2.28. The van der Waals surface area contributed by atoms with Gasteiger partial charge in [-0.1, -0.05) is 48.5 Å². The lowest BCUT2D eigenvalue weighted by Crippen LogP contribution is -2.16. The Kier molecular flexibility index (Phi) is 5.64. The third kappa shape index (κ3) is 4.18. The molecular formula is C25H17NO6S2. The van der Waals surface area contributed by atoms with Gasteiger partial charge >= 0.3 is 11.6 Å². The minimum absolute atomic E-state index is 0.0553. The number of benzene rings is 3. The molecule has 5 rings (SSSR count). The number of hydrogen-bond donors (Lipinski definition) is 1. The molecule has 2 heterocycles. The normalized spacial score (nSPS) is 11.5. The topological polar surface area (TPSA) is 103 Å². The summed E-state index contributed by atoms with van der Waals surface area (Å²) in [5, 5.41) is 4.14. The van der Waals surface area contributed by atoms with Crippen LogP contribution in [0.25, 0.3) is 21.7 Å². The van der Waals surface area contributed by atoms with E-state index in [0.29, 0.717) is 16.5 Å². The molecule has 0 fully saturated rings. The smallest absolute Gasteiger partial charge is 0.340 e. The number of ether oxygens (including phenoxy) is 1. The number of nitrogens with one attached hydrogen (secondary N) is 1. The largest absolute Gasteiger partial charge is 0.457 e. The minimum Gasteiger partial charge on any atom is -0.457 e. The van der Waals surface area contributed by atoms with Gasteiger partial charge in [0.15, 0.2) is 0 Å². The van der Waals surface area contributed by atoms with E-state index < -0.39 is 21.6 Å². The summed E-state index contributed by atoms with van der Waals surface area (Å²) in [5.74, 6) is -0.730. The molecule has 0 spiro atoms. The van der Waals surface area contributed by atoms with Crippen molar-refractivity contribution in [2.75, 3.05) is 4.72 Å². The van der Waals surface area contributed by atoms with Crippen molar-refractivity contribution >= 4 is 54.8 Å². The number of rotatable bonds is 6. The summed E-state index contributed by atoms with van der Waals surface area (Å²) in [6.45, 7) is -0.194. The number of para-hydroxylation sites is 1. The zero-order valence-corrected chi connectivity index (χ0v) is 19.2. The zero-order valence-electron chi connectivity index (χ0n) is 17.6. The molecule has 3 aromatic carbocycles. The summed E-state index contributed by atoms with van der Waals surface area (Å²) in [5.41, 5.74) is 0.482. The second-order valence-corrected chi connectivity index (χ2v) is 10.3. The molecule has 0 aliphatic carbocycles. The van der Waals surface area contributed by atoms with E-state index >= 15 is 0 Å². The molecule has 34 heavy (non-hydrogen) atoms. The third-order valence-corrected chi connectivity index (χ3v) is 7.99. The van der Waals surface area contributed by atoms with Crippen LogP contribution in [0.3, 0.4) is 0 Å². The van der Waals surface area contributed by atoms with E-state index in [-0.39, 0.29) is 22.1 Å². The summed E-state index contributed by atoms with van der Waals surface area (Å²) < 4.78 is 38.7. The molecule has 0 aliphatic heterocycles. The van der Waals surface area contributed by atoms with Crippen molar-refractivity contribution in [3.63, 3.8) is 0 Å². The van der Waals surface area contributed by atoms with Gasteiger partial charge in [0.05, 0.1) is 11.3 Å². The van der Waals surface area contributed by atoms with Gasteiger partial charge in [-0.15, -0.1) is 11.3 Å². The van der Waals surface area contributed by atoms with E-state index in [1.165, 1.54) is 24.3 Å². The van der Waals surface area contributed by atoms with Crippen LogP contribution in [0.5, 0.6) is 0 Å². The molecule has 0 unspecified atom stereocenters. The van der Waals surface area contributed by atoms with Crippen LogP contribution in [-0.4, -0.2) is 14.4 Å². The fraction of sp³-hybridized carbons (Fsp3) is 0.0400. The number of sulfonamides is 1. The predicted octanol–water partition coefficient (Wildman–Crippen LogP) is 5.17. The molecule has 1 N–H and O–H groups in total. The van der Waals surface area contributed by atoms with Crippen LogP contribution in [0.15, 0.2) is 97.7 Å². The Hall–Kier alpha value is -3.95. The average molecular weight is 492 g/mol. The van der Waals surface area contributed by atoms with E-state index in [0.717, 1.165) is 22.1 Å². The van der Waals surface area contributed by atoms with Crippen molar-refractivity contribution in [2.45, 2.75) is 10.8 Å². The maximum absolute atomic E-state index is 12.9. The van der Waals surface area contributed by atoms with Gasteiger partial charge in [0.2, 0.25) is 0 Å². The molecule has 0 saturated heterocycles. The second kappa shape index (κ2) is 8.77. The number of thiophene rings is 1. The van der Waals surface area contributed by atoms with E-state index in [4.69, 9.17) is 9.15 Å². The monoisotopic (exact) mass is 491 g/mol. The van der Waals surface area contributed by atoms with Gasteiger partial charge in [0, 0.05) is 17.0 Å². The molecule has 0 amide bonds. The number of anilines is 1. The van der Waals surface area contributed by atoms with Crippen molar-refractivity contribution in [3.05, 3.63) is 106 Å². The quantitative estimate of drug-likeness (QED) is 0.200. The lowest BCUT2D eigenvalue weighted by Gasteiger charge is -2.13. The number of carbonyl (C=O) groups is 1. The van der Waals surface area contributed by atoms with Crippen molar-refractivity contribution < 1.29 is 22.4 Å². The van der Waals surface area contributed by atoms with Crippen LogP contribution in [0.1, 0.15) is 15.9 Å². The Morgan fingerprint density at radius 2 is 1.76 bits per heavy atom. The molecule has 0 bridgehead atoms. The molecule has 0 atom stereocenters. The lowest BCUT2D eigenvalue weighted by atomic mass is 10.0. The second-order valence-electron chi connectivity index (χ2n) is 7.41. The highest BCUT2D eigenvalue weighted by molar-refractivity contribution is 7.94. The predicted molar refractivity (Wildman–Crippen MR) is 131 cm³/mol. The van der Waals surface area contributed by atoms with E-state index in [1.807, 2.05) is 30.3 Å². The summed E-state index contributed by atoms with van der Waals surface area (Å²) in [4.78, 5) is 25.0. The SMILES string of the molecule is O=C(OCc1cc(=O)oc2ccc3ccccc3c12)c1ccccc1NS(=O)(=O)c1cccs1. The van der Waals surface area contributed by atoms with Crippen LogP contribution in [-0.2, 0) is 21.4 Å². The molecule has 2 aromatic heterocycles. The molecule has 7 nitrogen and oxygen atoms in total. The van der Waals surface area contributed by atoms with Gasteiger partial charge in [-0.05, 0) is 40.4 Å². The zero-order chi connectivity index (χ0) is 23.7. The number of fused-ring (bicyclic) bond motifs is 3. The molecule has 0 saturated carbocycles. The first-order valence-corrected chi connectivity index (χ1v) is 12.6. The Morgan fingerprint density at radius 3 is 2.59 bits per heavy atom. The van der Waals surface area contributed by atoms with Crippen LogP contribution in [0, 0.1) is 0 Å². The average Bonchev–Trinajstić information content (AvgIpc) is 3.38. The lowest BCUT2D eigenvalue weighted by molar-refractivity contribution is 0.0475. The Bertz CT molecular complexity index is 1690. The summed E-state index contributed by atoms with van der Waals surface area (Å²) in [7, 11) is -3.84. The van der Waals surface area contributed by atoms with Gasteiger partial charge in [-0.3, -0.25) is 4.72 Å². The first-order chi connectivity index (χ1) is 16.4. The first kappa shape index (κ1) is 21.9. The highest BCUT2D eigenvalue weighted by atomic mass is 32.2. The minimum atomic E-state index is -3.84. The Morgan fingerprint density at radius 1 is 0.971 bits per heavy atom. The van der Waals surface area contributed by atoms with Crippen LogP contribution >= 0.6 is 11.3 Å². The molecule has 170 valence electrons. The van der Waals surface area contributed by atoms with Crippen molar-refractivity contribution in [3.8, 4) is 0 Å². The molecule has 9 heteroatoms.